The van der Waals surface area contributed by atoms with Crippen molar-refractivity contribution in [1.29, 1.82) is 0 Å². The van der Waals surface area contributed by atoms with Crippen LogP contribution < -0.4 is 0 Å². The minimum atomic E-state index is -2.04. The summed E-state index contributed by atoms with van der Waals surface area (Å²) in [5.41, 5.74) is -4.83. The molecule has 3 aliphatic carbocycles. The Morgan fingerprint density at radius 3 is 2.58 bits per heavy atom. The van der Waals surface area contributed by atoms with Gasteiger partial charge in [-0.1, -0.05) is 33.8 Å². The lowest BCUT2D eigenvalue weighted by atomic mass is 9.52. The SMILES string of the molecule is CC(C)C(=O)CC[C@]1(C)CC[C@]2(C)[C@H](CC=C3[C@@H](O)[C@]4(O)CO[C@@H]5O[C@H]2[C@@H]3[C@]5(O)[C@@H]4O)C1=O. The number of fused-ring (bicyclic) bond motifs is 3. The van der Waals surface area contributed by atoms with E-state index in [1.54, 1.807) is 6.08 Å². The van der Waals surface area contributed by atoms with Crippen LogP contribution in [0.3, 0.4) is 0 Å². The molecular weight excluding hydrogens is 428 g/mol. The van der Waals surface area contributed by atoms with Crippen molar-refractivity contribution >= 4 is 11.6 Å². The Kier molecular flexibility index (Phi) is 5.13. The molecule has 0 aromatic rings. The summed E-state index contributed by atoms with van der Waals surface area (Å²) in [7, 11) is 0. The number of ether oxygens (including phenoxy) is 2. The third kappa shape index (κ3) is 2.85. The van der Waals surface area contributed by atoms with Crippen LogP contribution in [0.4, 0.5) is 0 Å². The van der Waals surface area contributed by atoms with Gasteiger partial charge in [-0.25, -0.2) is 0 Å². The molecule has 0 aromatic carbocycles. The molecule has 2 saturated heterocycles. The number of hydrogen-bond donors (Lipinski definition) is 4. The van der Waals surface area contributed by atoms with Gasteiger partial charge in [-0.3, -0.25) is 9.59 Å². The van der Waals surface area contributed by atoms with Crippen molar-refractivity contribution in [3.05, 3.63) is 11.6 Å². The highest BCUT2D eigenvalue weighted by Crippen LogP contribution is 2.64. The summed E-state index contributed by atoms with van der Waals surface area (Å²) in [6.07, 6.45) is -0.694. The highest BCUT2D eigenvalue weighted by atomic mass is 16.7. The molecule has 0 aromatic heterocycles. The van der Waals surface area contributed by atoms with Crippen molar-refractivity contribution in [3.8, 4) is 0 Å². The smallest absolute Gasteiger partial charge is 0.190 e. The second kappa shape index (κ2) is 7.18. The summed E-state index contributed by atoms with van der Waals surface area (Å²) in [5, 5.41) is 44.6. The van der Waals surface area contributed by atoms with Crippen LogP contribution >= 0.6 is 0 Å². The Morgan fingerprint density at radius 2 is 1.91 bits per heavy atom. The minimum Gasteiger partial charge on any atom is -0.387 e. The molecular formula is C25H36O8. The third-order valence-corrected chi connectivity index (χ3v) is 9.70. The molecule has 10 atom stereocenters. The predicted octanol–water partition coefficient (Wildman–Crippen LogP) is 0.882. The van der Waals surface area contributed by atoms with Gasteiger partial charge in [0.05, 0.1) is 12.7 Å². The number of allylic oxidation sites excluding steroid dienone is 1. The zero-order valence-electron chi connectivity index (χ0n) is 19.8. The highest BCUT2D eigenvalue weighted by molar-refractivity contribution is 5.89. The molecule has 4 fully saturated rings. The number of aliphatic hydroxyl groups is 4. The number of hydrogen-bond acceptors (Lipinski definition) is 8. The van der Waals surface area contributed by atoms with Gasteiger partial charge in [-0.2, -0.15) is 0 Å². The molecule has 2 heterocycles. The Labute approximate surface area is 194 Å². The third-order valence-electron chi connectivity index (χ3n) is 9.70. The van der Waals surface area contributed by atoms with Gasteiger partial charge in [-0.05, 0) is 31.3 Å². The maximum Gasteiger partial charge on any atom is 0.190 e. The second-order valence-corrected chi connectivity index (χ2v) is 11.9. The predicted molar refractivity (Wildman–Crippen MR) is 116 cm³/mol. The summed E-state index contributed by atoms with van der Waals surface area (Å²) in [6.45, 7) is 7.29. The molecule has 184 valence electrons. The fourth-order valence-corrected chi connectivity index (χ4v) is 7.24. The van der Waals surface area contributed by atoms with E-state index in [9.17, 15) is 30.0 Å². The zero-order chi connectivity index (χ0) is 24.1. The van der Waals surface area contributed by atoms with Crippen molar-refractivity contribution in [3.63, 3.8) is 0 Å². The summed E-state index contributed by atoms with van der Waals surface area (Å²) in [4.78, 5) is 26.2. The van der Waals surface area contributed by atoms with Gasteiger partial charge in [0.15, 0.2) is 11.9 Å². The molecule has 5 rings (SSSR count). The molecule has 33 heavy (non-hydrogen) atoms. The van der Waals surface area contributed by atoms with Gasteiger partial charge in [0.2, 0.25) is 0 Å². The average Bonchev–Trinajstić information content (AvgIpc) is 3.03. The van der Waals surface area contributed by atoms with Crippen LogP contribution in [-0.2, 0) is 19.1 Å². The highest BCUT2D eigenvalue weighted by Gasteiger charge is 2.77. The summed E-state index contributed by atoms with van der Waals surface area (Å²) >= 11 is 0. The van der Waals surface area contributed by atoms with E-state index in [1.807, 2.05) is 27.7 Å². The van der Waals surface area contributed by atoms with Crippen molar-refractivity contribution in [1.82, 2.24) is 0 Å². The van der Waals surface area contributed by atoms with Crippen LogP contribution in [0.2, 0.25) is 0 Å². The Morgan fingerprint density at radius 1 is 1.21 bits per heavy atom. The van der Waals surface area contributed by atoms with Crippen LogP contribution in [0.25, 0.3) is 0 Å². The molecule has 0 unspecified atom stereocenters. The molecule has 0 spiro atoms. The van der Waals surface area contributed by atoms with Crippen LogP contribution in [-0.4, -0.2) is 74.4 Å². The van der Waals surface area contributed by atoms with Crippen molar-refractivity contribution < 1.29 is 39.5 Å². The van der Waals surface area contributed by atoms with E-state index in [0.717, 1.165) is 0 Å². The fraction of sp³-hybridized carbons (Fsp3) is 0.840. The lowest BCUT2D eigenvalue weighted by Crippen LogP contribution is -2.77. The summed E-state index contributed by atoms with van der Waals surface area (Å²) in [5.74, 6) is -1.07. The first-order valence-electron chi connectivity index (χ1n) is 12.2. The van der Waals surface area contributed by atoms with Crippen LogP contribution in [0, 0.1) is 28.6 Å². The summed E-state index contributed by atoms with van der Waals surface area (Å²) < 4.78 is 11.8. The Bertz CT molecular complexity index is 914. The fourth-order valence-electron chi connectivity index (χ4n) is 7.24. The number of Topliss-reactive ketones (excluding diaryl/α,β-unsaturated/α-hetero) is 2. The van der Waals surface area contributed by atoms with Gasteiger partial charge >= 0.3 is 0 Å². The molecule has 2 bridgehead atoms. The van der Waals surface area contributed by atoms with Crippen molar-refractivity contribution in [2.75, 3.05) is 6.61 Å². The number of carbonyl (C=O) groups excluding carboxylic acids is 2. The van der Waals surface area contributed by atoms with Gasteiger partial charge in [-0.15, -0.1) is 0 Å². The first-order chi connectivity index (χ1) is 15.3. The zero-order valence-corrected chi connectivity index (χ0v) is 19.8. The molecule has 2 aliphatic heterocycles. The van der Waals surface area contributed by atoms with Gasteiger partial charge in [0.25, 0.3) is 0 Å². The van der Waals surface area contributed by atoms with E-state index < -0.39 is 58.5 Å². The van der Waals surface area contributed by atoms with Gasteiger partial charge in [0.1, 0.15) is 29.4 Å². The first-order valence-corrected chi connectivity index (χ1v) is 12.2. The average molecular weight is 465 g/mol. The largest absolute Gasteiger partial charge is 0.387 e. The number of carbonyl (C=O) groups is 2. The molecule has 8 heteroatoms. The number of aliphatic hydroxyl groups excluding tert-OH is 2. The lowest BCUT2D eigenvalue weighted by Gasteiger charge is -2.56. The maximum absolute atomic E-state index is 13.9. The quantitative estimate of drug-likeness (QED) is 0.451. The van der Waals surface area contributed by atoms with Crippen LogP contribution in [0.15, 0.2) is 11.6 Å². The van der Waals surface area contributed by atoms with Crippen molar-refractivity contribution in [2.45, 2.75) is 95.6 Å². The second-order valence-electron chi connectivity index (χ2n) is 11.9. The Balaban J connectivity index is 1.52. The number of rotatable bonds is 4. The lowest BCUT2D eigenvalue weighted by molar-refractivity contribution is -0.341. The van der Waals surface area contributed by atoms with Crippen LogP contribution in [0.5, 0.6) is 0 Å². The molecule has 8 nitrogen and oxygen atoms in total. The van der Waals surface area contributed by atoms with E-state index in [2.05, 4.69) is 0 Å². The van der Waals surface area contributed by atoms with Gasteiger partial charge < -0.3 is 29.9 Å². The molecule has 4 N–H and O–H groups in total. The molecule has 5 aliphatic rings. The van der Waals surface area contributed by atoms with E-state index in [1.165, 1.54) is 0 Å². The topological polar surface area (TPSA) is 134 Å². The van der Waals surface area contributed by atoms with E-state index in [-0.39, 0.29) is 24.1 Å². The normalized spacial score (nSPS) is 52.9. The van der Waals surface area contributed by atoms with E-state index in [4.69, 9.17) is 9.47 Å². The maximum atomic E-state index is 13.9. The molecule has 0 amide bonds. The number of ketones is 2. The van der Waals surface area contributed by atoms with Crippen LogP contribution in [0.1, 0.15) is 59.8 Å². The molecule has 0 radical (unpaired) electrons. The Hall–Kier alpha value is -1.16. The van der Waals surface area contributed by atoms with Crippen molar-refractivity contribution in [2.24, 2.45) is 28.6 Å². The standard InChI is InChI=1S/C25H36O8/c1-12(2)15(26)7-8-22(3)9-10-23(4)14(18(22)28)6-5-13-16-19(23)33-21-25(16,31)20(29)24(30,11-32-21)17(13)27/h5,12,14,16-17,19-21,27,29-31H,6-11H2,1-4H3/t14-,16-,17-,19+,20-,21-,22-,23-,24-,25+/m1/s1. The van der Waals surface area contributed by atoms with E-state index >= 15 is 0 Å². The first kappa shape index (κ1) is 23.6. The van der Waals surface area contributed by atoms with E-state index in [0.29, 0.717) is 37.7 Å². The monoisotopic (exact) mass is 464 g/mol. The van der Waals surface area contributed by atoms with Gasteiger partial charge in [0, 0.05) is 35.0 Å². The summed E-state index contributed by atoms with van der Waals surface area (Å²) in [6, 6.07) is 0. The molecule has 2 saturated carbocycles. The minimum absolute atomic E-state index is 0.0676.